The molecule has 0 heterocycles. The van der Waals surface area contributed by atoms with Gasteiger partial charge in [-0.1, -0.05) is 0 Å². The van der Waals surface area contributed by atoms with Gasteiger partial charge in [-0.05, 0) is 0 Å². The van der Waals surface area contributed by atoms with Gasteiger partial charge in [0, 0.05) is 0 Å². The van der Waals surface area contributed by atoms with Gasteiger partial charge < -0.3 is 31.7 Å². The van der Waals surface area contributed by atoms with Gasteiger partial charge >= 0.3 is 132 Å². The summed E-state index contributed by atoms with van der Waals surface area (Å²) in [5.74, 6) is 0. The van der Waals surface area contributed by atoms with Crippen LogP contribution in [0.15, 0.2) is 0 Å². The minimum atomic E-state index is -5.39. The number of phosphoric acid groups is 1. The predicted molar refractivity (Wildman–Crippen MR) is 24.9 cm³/mol. The Labute approximate surface area is 167 Å². The van der Waals surface area contributed by atoms with Crippen molar-refractivity contribution in [3.05, 3.63) is 0 Å². The van der Waals surface area contributed by atoms with Gasteiger partial charge in [0.05, 0.1) is 0 Å². The van der Waals surface area contributed by atoms with Gasteiger partial charge in [0.1, 0.15) is 0 Å². The smallest absolute Gasteiger partial charge is 1.00 e. The summed E-state index contributed by atoms with van der Waals surface area (Å²) in [5, 5.41) is 0. The van der Waals surface area contributed by atoms with Crippen LogP contribution in [-0.4, -0.2) is 132 Å². The molecule has 0 radical (unpaired) electrons. The molecule has 9 heteroatoms. The fourth-order valence-corrected chi connectivity index (χ4v) is 0. The Bertz CT molecular complexity index is 66.7. The van der Waals surface area contributed by atoms with E-state index >= 15 is 0 Å². The zero-order valence-electron chi connectivity index (χ0n) is 4.58. The summed E-state index contributed by atoms with van der Waals surface area (Å²) in [4.78, 5) is 25.6. The normalized spacial score (nSPS) is 6.56. The van der Waals surface area contributed by atoms with Gasteiger partial charge in [0.2, 0.25) is 0 Å². The summed E-state index contributed by atoms with van der Waals surface area (Å²) in [6.07, 6.45) is 0. The van der Waals surface area contributed by atoms with Crippen molar-refractivity contribution in [2.45, 2.75) is 0 Å². The molecule has 40 valence electrons. The molecule has 0 bridgehead atoms. The molecule has 4 nitrogen and oxygen atoms in total. The molecule has 0 fully saturated rings. The minimum Gasteiger partial charge on any atom is -1.00 e. The monoisotopic (exact) mass is 396 g/mol. The van der Waals surface area contributed by atoms with Crippen LogP contribution in [0.25, 0.3) is 0 Å². The molecule has 0 spiro atoms. The van der Waals surface area contributed by atoms with Crippen molar-refractivity contribution >= 4 is 140 Å². The number of hydrogen-bond acceptors (Lipinski definition) is 4. The van der Waals surface area contributed by atoms with Crippen LogP contribution in [0.5, 0.6) is 0 Å². The zero-order valence-corrected chi connectivity index (χ0v) is 16.4. The van der Waals surface area contributed by atoms with Crippen molar-refractivity contribution < 1.29 is 31.7 Å². The number of rotatable bonds is 0. The zero-order chi connectivity index (χ0) is 4.50. The molecule has 0 aliphatic rings. The van der Waals surface area contributed by atoms with Crippen LogP contribution in [0.2, 0.25) is 0 Å². The largest absolute Gasteiger partial charge is 2.00 e. The summed E-state index contributed by atoms with van der Waals surface area (Å²) < 4.78 is 8.55. The van der Waals surface area contributed by atoms with E-state index < -0.39 is 7.82 Å². The molecular weight excluding hydrogens is 395 g/mol. The summed E-state index contributed by atoms with van der Waals surface area (Å²) in [7, 11) is -5.39. The first kappa shape index (κ1) is 29.2. The van der Waals surface area contributed by atoms with E-state index in [9.17, 15) is 0 Å². The summed E-state index contributed by atoms with van der Waals surface area (Å²) in [6, 6.07) is 0. The van der Waals surface area contributed by atoms with Gasteiger partial charge in [-0.2, -0.15) is 7.82 Å². The molecule has 0 N–H and O–H groups in total. The van der Waals surface area contributed by atoms with Crippen LogP contribution >= 0.6 is 7.82 Å². The first-order chi connectivity index (χ1) is 2.00. The molecule has 0 aliphatic carbocycles. The third-order valence-corrected chi connectivity index (χ3v) is 0. The third-order valence-electron chi connectivity index (χ3n) is 0. The molecule has 0 saturated heterocycles. The van der Waals surface area contributed by atoms with Crippen molar-refractivity contribution in [1.29, 1.82) is 0 Å². The second kappa shape index (κ2) is 15.2. The van der Waals surface area contributed by atoms with E-state index in [-0.39, 0.29) is 145 Å². The summed E-state index contributed by atoms with van der Waals surface area (Å²) in [6.45, 7) is 0. The average molecular weight is 395 g/mol. The van der Waals surface area contributed by atoms with E-state index in [1.807, 2.05) is 0 Å². The van der Waals surface area contributed by atoms with Gasteiger partial charge in [-0.15, -0.1) is 0 Å². The fraction of sp³-hybridized carbons (Fsp3) is 0. The Kier molecular flexibility index (Phi) is 49.3. The van der Waals surface area contributed by atoms with Crippen molar-refractivity contribution in [2.75, 3.05) is 0 Å². The average Bonchev–Trinajstić information content (AvgIpc) is 0.722. The Morgan fingerprint density at radius 3 is 1.11 bits per heavy atom. The van der Waals surface area contributed by atoms with Crippen LogP contribution in [0.1, 0.15) is 0 Å². The maximum atomic E-state index is 8.55. The van der Waals surface area contributed by atoms with Crippen molar-refractivity contribution in [3.8, 4) is 0 Å². The van der Waals surface area contributed by atoms with E-state index in [2.05, 4.69) is 0 Å². The maximum Gasteiger partial charge on any atom is 2.00 e. The second-order valence-corrected chi connectivity index (χ2v) is 1.34. The molecule has 0 unspecified atom stereocenters. The fourth-order valence-electron chi connectivity index (χ4n) is 0. The number of halogens is 1. The first-order valence-corrected chi connectivity index (χ1v) is 2.19. The van der Waals surface area contributed by atoms with Crippen LogP contribution in [0, 0.1) is 0 Å². The van der Waals surface area contributed by atoms with Gasteiger partial charge in [0.15, 0.2) is 0 Å². The topological polar surface area (TPSA) is 86.2 Å². The van der Waals surface area contributed by atoms with Crippen molar-refractivity contribution in [1.82, 2.24) is 0 Å². The molecule has 0 aromatic heterocycles. The Morgan fingerprint density at radius 2 is 1.11 bits per heavy atom. The predicted octanol–water partition coefficient (Wildman–Crippen LogP) is -6.96. The molecule has 9 heavy (non-hydrogen) atoms. The second-order valence-electron chi connectivity index (χ2n) is 0.447. The van der Waals surface area contributed by atoms with E-state index in [4.69, 9.17) is 19.2 Å². The van der Waals surface area contributed by atoms with E-state index in [1.165, 1.54) is 0 Å². The summed E-state index contributed by atoms with van der Waals surface area (Å²) in [5.41, 5.74) is 0. The third kappa shape index (κ3) is 65.7. The van der Waals surface area contributed by atoms with Gasteiger partial charge in [-0.3, -0.25) is 0 Å². The van der Waals surface area contributed by atoms with Crippen LogP contribution < -0.4 is 27.1 Å². The molecular formula is BaCaClO4PSr+2. The Hall–Kier alpha value is 4.71. The van der Waals surface area contributed by atoms with E-state index in [0.717, 1.165) is 0 Å². The van der Waals surface area contributed by atoms with Crippen molar-refractivity contribution in [2.24, 2.45) is 0 Å². The Balaban J connectivity index is -0.0000000133. The molecule has 0 amide bonds. The first-order valence-electron chi connectivity index (χ1n) is 0.730. The van der Waals surface area contributed by atoms with E-state index in [1.54, 1.807) is 0 Å². The molecule has 0 aromatic carbocycles. The maximum absolute atomic E-state index is 8.55. The molecule has 0 aromatic rings. The minimum absolute atomic E-state index is 0. The molecule has 0 rings (SSSR count). The SMILES string of the molecule is O=P([O-])([O-])[O-].[Ba+2].[Ca+2].[Cl-].[Sr+2]. The van der Waals surface area contributed by atoms with Crippen LogP contribution in [0.4, 0.5) is 0 Å². The van der Waals surface area contributed by atoms with Crippen LogP contribution in [-0.2, 0) is 4.57 Å². The van der Waals surface area contributed by atoms with Gasteiger partial charge in [-0.25, -0.2) is 0 Å². The van der Waals surface area contributed by atoms with Crippen molar-refractivity contribution in [3.63, 3.8) is 0 Å². The molecule has 0 atom stereocenters. The van der Waals surface area contributed by atoms with E-state index in [0.29, 0.717) is 0 Å². The van der Waals surface area contributed by atoms with Crippen LogP contribution in [0.3, 0.4) is 0 Å². The standard InChI is InChI=1S/Ba.Ca.ClH.H3O4P.Sr/c;;;1-5(2,3)4;/h;;1H;(H3,1,2,3,4);/q2*+2;;;+2/p-4. The quantitative estimate of drug-likeness (QED) is 0.301. The van der Waals surface area contributed by atoms with Gasteiger partial charge in [0.25, 0.3) is 0 Å². The number of hydrogen-bond donors (Lipinski definition) is 0. The Morgan fingerprint density at radius 1 is 1.11 bits per heavy atom. The molecule has 0 aliphatic heterocycles. The molecule has 0 saturated carbocycles. The summed E-state index contributed by atoms with van der Waals surface area (Å²) >= 11 is 0.